The van der Waals surface area contributed by atoms with Crippen LogP contribution in [0.2, 0.25) is 0 Å². The Balaban J connectivity index is 1.49. The van der Waals surface area contributed by atoms with Crippen molar-refractivity contribution >= 4 is 20.9 Å². The van der Waals surface area contributed by atoms with E-state index in [1.165, 1.54) is 0 Å². The summed E-state index contributed by atoms with van der Waals surface area (Å²) in [6.07, 6.45) is 6.18. The molecule has 0 amide bonds. The Morgan fingerprint density at radius 3 is 2.96 bits per heavy atom. The number of pyridine rings is 1. The van der Waals surface area contributed by atoms with Crippen LogP contribution in [0.3, 0.4) is 0 Å². The minimum absolute atomic E-state index is 0.114. The van der Waals surface area contributed by atoms with E-state index in [-0.39, 0.29) is 23.6 Å². The molecule has 0 spiro atoms. The summed E-state index contributed by atoms with van der Waals surface area (Å²) in [7, 11) is -2.96. The van der Waals surface area contributed by atoms with Gasteiger partial charge in [-0.1, -0.05) is 0 Å². The number of sulfone groups is 1. The van der Waals surface area contributed by atoms with E-state index in [1.807, 2.05) is 30.1 Å². The van der Waals surface area contributed by atoms with Gasteiger partial charge in [0.1, 0.15) is 0 Å². The summed E-state index contributed by atoms with van der Waals surface area (Å²) in [6.45, 7) is 5.57. The van der Waals surface area contributed by atoms with Gasteiger partial charge in [0.2, 0.25) is 0 Å². The third-order valence-electron chi connectivity index (χ3n) is 5.02. The molecule has 3 aromatic rings. The van der Waals surface area contributed by atoms with Crippen LogP contribution in [0.25, 0.3) is 11.0 Å². The van der Waals surface area contributed by atoms with Gasteiger partial charge in [0.05, 0.1) is 29.8 Å². The molecule has 144 valence electrons. The average molecular weight is 388 g/mol. The molecule has 0 unspecified atom stereocenters. The molecule has 0 aliphatic carbocycles. The van der Waals surface area contributed by atoms with Crippen LogP contribution in [0.5, 0.6) is 0 Å². The van der Waals surface area contributed by atoms with Crippen LogP contribution in [-0.2, 0) is 22.9 Å². The van der Waals surface area contributed by atoms with Crippen molar-refractivity contribution in [3.05, 3.63) is 42.0 Å². The number of fused-ring (bicyclic) bond motifs is 1. The maximum atomic E-state index is 11.8. The maximum absolute atomic E-state index is 11.8. The first-order valence-corrected chi connectivity index (χ1v) is 11.0. The minimum atomic E-state index is -2.96. The predicted octanol–water partition coefficient (Wildman–Crippen LogP) is 1.47. The second-order valence-electron chi connectivity index (χ2n) is 7.31. The molecular weight excluding hydrogens is 364 g/mol. The maximum Gasteiger partial charge on any atom is 0.158 e. The lowest BCUT2D eigenvalue weighted by molar-refractivity contribution is 0.450. The quantitative estimate of drug-likeness (QED) is 0.687. The summed E-state index contributed by atoms with van der Waals surface area (Å²) < 4.78 is 27.3. The molecule has 0 saturated carbocycles. The number of hydrogen-bond donors (Lipinski definition) is 1. The van der Waals surface area contributed by atoms with Gasteiger partial charge in [-0.2, -0.15) is 10.2 Å². The standard InChI is InChI=1S/C18H24N6O2S/c1-13(11-23-6-3-5-21-23)19-9-15-8-17-14(2)22-24(18(17)20-10-15)16-4-7-27(25,26)12-16/h3,5-6,8,10,13,16,19H,4,7,9,11-12H2,1-2H3/t13-,16-/m1/s1. The zero-order valence-electron chi connectivity index (χ0n) is 15.5. The Morgan fingerprint density at radius 1 is 1.41 bits per heavy atom. The van der Waals surface area contributed by atoms with Gasteiger partial charge in [-0.3, -0.25) is 4.68 Å². The Morgan fingerprint density at radius 2 is 2.26 bits per heavy atom. The molecule has 1 aliphatic heterocycles. The van der Waals surface area contributed by atoms with Crippen LogP contribution in [0.4, 0.5) is 0 Å². The average Bonchev–Trinajstić information content (AvgIpc) is 3.33. The van der Waals surface area contributed by atoms with E-state index in [0.717, 1.165) is 28.8 Å². The zero-order valence-corrected chi connectivity index (χ0v) is 16.4. The molecule has 1 saturated heterocycles. The second-order valence-corrected chi connectivity index (χ2v) is 9.54. The summed E-state index contributed by atoms with van der Waals surface area (Å²) in [5, 5.41) is 13.3. The number of nitrogens with zero attached hydrogens (tertiary/aromatic N) is 5. The summed E-state index contributed by atoms with van der Waals surface area (Å²) in [6, 6.07) is 4.17. The Bertz CT molecular complexity index is 1040. The first-order chi connectivity index (χ1) is 12.9. The van der Waals surface area contributed by atoms with Crippen molar-refractivity contribution in [1.82, 2.24) is 29.9 Å². The first kappa shape index (κ1) is 18.1. The van der Waals surface area contributed by atoms with Gasteiger partial charge >= 0.3 is 0 Å². The largest absolute Gasteiger partial charge is 0.308 e. The lowest BCUT2D eigenvalue weighted by Gasteiger charge is -2.14. The van der Waals surface area contributed by atoms with Gasteiger partial charge in [0, 0.05) is 36.6 Å². The van der Waals surface area contributed by atoms with E-state index in [0.29, 0.717) is 13.0 Å². The van der Waals surface area contributed by atoms with Crippen LogP contribution >= 0.6 is 0 Å². The van der Waals surface area contributed by atoms with Crippen molar-refractivity contribution in [2.75, 3.05) is 11.5 Å². The molecule has 27 heavy (non-hydrogen) atoms. The van der Waals surface area contributed by atoms with Crippen molar-refractivity contribution in [3.8, 4) is 0 Å². The molecule has 2 atom stereocenters. The SMILES string of the molecule is Cc1nn([C@@H]2CCS(=O)(=O)C2)c2ncc(CN[C@H](C)Cn3cccn3)cc12. The molecule has 0 aromatic carbocycles. The van der Waals surface area contributed by atoms with Crippen molar-refractivity contribution in [2.45, 2.75) is 45.4 Å². The fraction of sp³-hybridized carbons (Fsp3) is 0.500. The first-order valence-electron chi connectivity index (χ1n) is 9.16. The summed E-state index contributed by atoms with van der Waals surface area (Å²) in [5.41, 5.74) is 2.73. The molecule has 0 radical (unpaired) electrons. The fourth-order valence-corrected chi connectivity index (χ4v) is 5.27. The minimum Gasteiger partial charge on any atom is -0.308 e. The van der Waals surface area contributed by atoms with E-state index in [9.17, 15) is 8.42 Å². The third-order valence-corrected chi connectivity index (χ3v) is 6.77. The lowest BCUT2D eigenvalue weighted by Crippen LogP contribution is -2.30. The Labute approximate surface area is 158 Å². The van der Waals surface area contributed by atoms with Crippen LogP contribution < -0.4 is 5.32 Å². The van der Waals surface area contributed by atoms with E-state index >= 15 is 0 Å². The van der Waals surface area contributed by atoms with Gasteiger partial charge in [0.15, 0.2) is 15.5 Å². The topological polar surface area (TPSA) is 94.7 Å². The van der Waals surface area contributed by atoms with E-state index < -0.39 is 9.84 Å². The molecule has 3 aromatic heterocycles. The lowest BCUT2D eigenvalue weighted by atomic mass is 10.2. The highest BCUT2D eigenvalue weighted by atomic mass is 32.2. The summed E-state index contributed by atoms with van der Waals surface area (Å²) in [5.74, 6) is 0.382. The highest BCUT2D eigenvalue weighted by Crippen LogP contribution is 2.28. The normalized spacial score (nSPS) is 20.3. The van der Waals surface area contributed by atoms with Gasteiger partial charge in [-0.05, 0) is 38.0 Å². The van der Waals surface area contributed by atoms with Gasteiger partial charge in [-0.15, -0.1) is 0 Å². The summed E-state index contributed by atoms with van der Waals surface area (Å²) in [4.78, 5) is 4.60. The molecule has 9 heteroatoms. The van der Waals surface area contributed by atoms with Crippen molar-refractivity contribution in [3.63, 3.8) is 0 Å². The highest BCUT2D eigenvalue weighted by Gasteiger charge is 2.31. The van der Waals surface area contributed by atoms with Crippen molar-refractivity contribution < 1.29 is 8.42 Å². The monoisotopic (exact) mass is 388 g/mol. The molecular formula is C18H24N6O2S. The molecule has 4 rings (SSSR count). The van der Waals surface area contributed by atoms with Crippen molar-refractivity contribution in [2.24, 2.45) is 0 Å². The zero-order chi connectivity index (χ0) is 19.0. The number of nitrogens with one attached hydrogen (secondary N) is 1. The molecule has 4 heterocycles. The van der Waals surface area contributed by atoms with Crippen LogP contribution in [-0.4, -0.2) is 50.5 Å². The van der Waals surface area contributed by atoms with E-state index in [4.69, 9.17) is 0 Å². The molecule has 0 bridgehead atoms. The summed E-state index contributed by atoms with van der Waals surface area (Å²) >= 11 is 0. The number of aromatic nitrogens is 5. The van der Waals surface area contributed by atoms with Gasteiger partial charge in [-0.25, -0.2) is 18.1 Å². The molecule has 8 nitrogen and oxygen atoms in total. The van der Waals surface area contributed by atoms with Gasteiger partial charge < -0.3 is 5.32 Å². The van der Waals surface area contributed by atoms with Gasteiger partial charge in [0.25, 0.3) is 0 Å². The molecule has 1 N–H and O–H groups in total. The van der Waals surface area contributed by atoms with E-state index in [2.05, 4.69) is 33.5 Å². The number of aryl methyl sites for hydroxylation is 1. The Hall–Kier alpha value is -2.26. The third kappa shape index (κ3) is 3.89. The van der Waals surface area contributed by atoms with Crippen LogP contribution in [0, 0.1) is 6.92 Å². The van der Waals surface area contributed by atoms with Crippen molar-refractivity contribution in [1.29, 1.82) is 0 Å². The van der Waals surface area contributed by atoms with E-state index in [1.54, 1.807) is 10.9 Å². The Kier molecular flexibility index (Phi) is 4.73. The smallest absolute Gasteiger partial charge is 0.158 e. The number of hydrogen-bond acceptors (Lipinski definition) is 6. The fourth-order valence-electron chi connectivity index (χ4n) is 3.58. The molecule has 1 aliphatic rings. The van der Waals surface area contributed by atoms with Crippen LogP contribution in [0.15, 0.2) is 30.7 Å². The van der Waals surface area contributed by atoms with Crippen LogP contribution in [0.1, 0.15) is 30.6 Å². The molecule has 1 fully saturated rings. The second kappa shape index (κ2) is 7.05. The highest BCUT2D eigenvalue weighted by molar-refractivity contribution is 7.91. The predicted molar refractivity (Wildman–Crippen MR) is 103 cm³/mol. The number of rotatable bonds is 6.